The van der Waals surface area contributed by atoms with E-state index in [-0.39, 0.29) is 11.8 Å². The number of halogens is 3. The number of hydrogen-bond acceptors (Lipinski definition) is 3. The molecule has 2 N–H and O–H groups in total. The van der Waals surface area contributed by atoms with Crippen molar-refractivity contribution in [2.75, 3.05) is 5.73 Å². The first-order chi connectivity index (χ1) is 9.40. The van der Waals surface area contributed by atoms with Crippen molar-refractivity contribution < 1.29 is 13.5 Å². The molecule has 1 aromatic heterocycles. The van der Waals surface area contributed by atoms with E-state index in [1.54, 1.807) is 16.8 Å². The molecular formula is C13H14F2IN3O. The molecule has 2 aromatic rings. The van der Waals surface area contributed by atoms with Gasteiger partial charge in [0, 0.05) is 0 Å². The highest BCUT2D eigenvalue weighted by Crippen LogP contribution is 2.27. The standard InChI is InChI=1S/C13H14F2IN3O/c1-7-11(16)12(17)19(18-7)8(2)9-3-5-10(6-4-9)20-13(14)15/h3-6,8,13H,17H2,1-2H3. The second-order valence-corrected chi connectivity index (χ2v) is 5.43. The van der Waals surface area contributed by atoms with Gasteiger partial charge in [-0.25, -0.2) is 4.68 Å². The maximum Gasteiger partial charge on any atom is 0.387 e. The largest absolute Gasteiger partial charge is 0.435 e. The van der Waals surface area contributed by atoms with E-state index in [4.69, 9.17) is 5.73 Å². The average molecular weight is 393 g/mol. The van der Waals surface area contributed by atoms with E-state index in [1.165, 1.54) is 12.1 Å². The number of nitrogens with zero attached hydrogens (tertiary/aromatic N) is 2. The topological polar surface area (TPSA) is 53.1 Å². The minimum atomic E-state index is -2.82. The Balaban J connectivity index is 2.24. The molecule has 2 rings (SSSR count). The highest BCUT2D eigenvalue weighted by atomic mass is 127. The van der Waals surface area contributed by atoms with E-state index in [0.29, 0.717) is 5.82 Å². The second-order valence-electron chi connectivity index (χ2n) is 4.35. The zero-order chi connectivity index (χ0) is 14.9. The summed E-state index contributed by atoms with van der Waals surface area (Å²) < 4.78 is 31.1. The maximum atomic E-state index is 12.1. The molecule has 0 spiro atoms. The van der Waals surface area contributed by atoms with Crippen LogP contribution in [0.4, 0.5) is 14.6 Å². The van der Waals surface area contributed by atoms with E-state index < -0.39 is 6.61 Å². The summed E-state index contributed by atoms with van der Waals surface area (Å²) in [4.78, 5) is 0. The molecule has 0 bridgehead atoms. The Morgan fingerprint density at radius 2 is 1.90 bits per heavy atom. The molecule has 0 saturated heterocycles. The van der Waals surface area contributed by atoms with Gasteiger partial charge >= 0.3 is 6.61 Å². The third kappa shape index (κ3) is 3.02. The van der Waals surface area contributed by atoms with Crippen LogP contribution in [0.3, 0.4) is 0 Å². The molecule has 4 nitrogen and oxygen atoms in total. The lowest BCUT2D eigenvalue weighted by Gasteiger charge is -2.15. The molecule has 1 heterocycles. The van der Waals surface area contributed by atoms with Gasteiger partial charge in [0.25, 0.3) is 0 Å². The Kier molecular flexibility index (Phi) is 4.46. The van der Waals surface area contributed by atoms with Crippen molar-refractivity contribution in [2.45, 2.75) is 26.5 Å². The number of aryl methyl sites for hydroxylation is 1. The van der Waals surface area contributed by atoms with Crippen LogP contribution in [0.25, 0.3) is 0 Å². The number of alkyl halides is 2. The zero-order valence-corrected chi connectivity index (χ0v) is 13.1. The molecule has 7 heteroatoms. The summed E-state index contributed by atoms with van der Waals surface area (Å²) in [5.74, 6) is 0.735. The predicted molar refractivity (Wildman–Crippen MR) is 81.0 cm³/mol. The highest BCUT2D eigenvalue weighted by molar-refractivity contribution is 14.1. The average Bonchev–Trinajstić information content (AvgIpc) is 2.66. The van der Waals surface area contributed by atoms with Crippen LogP contribution in [-0.2, 0) is 0 Å². The first-order valence-corrected chi connectivity index (χ1v) is 7.03. The molecule has 20 heavy (non-hydrogen) atoms. The van der Waals surface area contributed by atoms with Gasteiger partial charge < -0.3 is 10.5 Å². The van der Waals surface area contributed by atoms with Crippen molar-refractivity contribution in [1.29, 1.82) is 0 Å². The SMILES string of the molecule is Cc1nn(C(C)c2ccc(OC(F)F)cc2)c(N)c1I. The third-order valence-corrected chi connectivity index (χ3v) is 4.33. The van der Waals surface area contributed by atoms with Crippen molar-refractivity contribution in [3.05, 3.63) is 39.1 Å². The lowest BCUT2D eigenvalue weighted by molar-refractivity contribution is -0.0498. The molecule has 0 fully saturated rings. The molecule has 0 aliphatic heterocycles. The van der Waals surface area contributed by atoms with Crippen LogP contribution in [0.5, 0.6) is 5.75 Å². The van der Waals surface area contributed by atoms with Crippen LogP contribution < -0.4 is 10.5 Å². The van der Waals surface area contributed by atoms with Crippen LogP contribution in [0, 0.1) is 10.5 Å². The van der Waals surface area contributed by atoms with Crippen molar-refractivity contribution in [2.24, 2.45) is 0 Å². The number of nitrogen functional groups attached to an aromatic ring is 1. The Morgan fingerprint density at radius 3 is 2.35 bits per heavy atom. The summed E-state index contributed by atoms with van der Waals surface area (Å²) in [6.07, 6.45) is 0. The van der Waals surface area contributed by atoms with E-state index >= 15 is 0 Å². The number of ether oxygens (including phenoxy) is 1. The van der Waals surface area contributed by atoms with Crippen molar-refractivity contribution >= 4 is 28.4 Å². The Morgan fingerprint density at radius 1 is 1.30 bits per heavy atom. The van der Waals surface area contributed by atoms with Crippen LogP contribution in [-0.4, -0.2) is 16.4 Å². The van der Waals surface area contributed by atoms with Gasteiger partial charge in [-0.2, -0.15) is 13.9 Å². The number of benzene rings is 1. The lowest BCUT2D eigenvalue weighted by atomic mass is 10.1. The first kappa shape index (κ1) is 15.0. The molecule has 1 unspecified atom stereocenters. The third-order valence-electron chi connectivity index (χ3n) is 3.00. The van der Waals surface area contributed by atoms with Gasteiger partial charge in [-0.05, 0) is 54.1 Å². The Bertz CT molecular complexity index is 598. The smallest absolute Gasteiger partial charge is 0.387 e. The van der Waals surface area contributed by atoms with E-state index in [0.717, 1.165) is 14.8 Å². The summed E-state index contributed by atoms with van der Waals surface area (Å²) in [5, 5.41) is 4.39. The molecule has 0 amide bonds. The fraction of sp³-hybridized carbons (Fsp3) is 0.308. The molecule has 1 aromatic carbocycles. The van der Waals surface area contributed by atoms with Crippen LogP contribution in [0.1, 0.15) is 24.2 Å². The molecule has 1 atom stereocenters. The van der Waals surface area contributed by atoms with Gasteiger partial charge in [0.2, 0.25) is 0 Å². The van der Waals surface area contributed by atoms with Crippen LogP contribution in [0.2, 0.25) is 0 Å². The number of aromatic nitrogens is 2. The second kappa shape index (κ2) is 5.94. The molecule has 0 saturated carbocycles. The number of nitrogens with two attached hydrogens (primary N) is 1. The number of anilines is 1. The fourth-order valence-electron chi connectivity index (χ4n) is 1.91. The highest BCUT2D eigenvalue weighted by Gasteiger charge is 2.16. The lowest BCUT2D eigenvalue weighted by Crippen LogP contribution is -2.12. The number of rotatable bonds is 4. The zero-order valence-electron chi connectivity index (χ0n) is 11.0. The quantitative estimate of drug-likeness (QED) is 0.808. The van der Waals surface area contributed by atoms with E-state index in [9.17, 15) is 8.78 Å². The molecule has 0 aliphatic carbocycles. The first-order valence-electron chi connectivity index (χ1n) is 5.95. The minimum absolute atomic E-state index is 0.0854. The summed E-state index contributed by atoms with van der Waals surface area (Å²) in [6.45, 7) is 1.02. The molecule has 108 valence electrons. The van der Waals surface area contributed by atoms with Gasteiger partial charge in [0.15, 0.2) is 0 Å². The number of hydrogen-bond donors (Lipinski definition) is 1. The monoisotopic (exact) mass is 393 g/mol. The summed E-state index contributed by atoms with van der Waals surface area (Å²) >= 11 is 2.15. The van der Waals surface area contributed by atoms with Crippen LogP contribution in [0.15, 0.2) is 24.3 Å². The Labute approximate surface area is 129 Å². The Hall–Kier alpha value is -1.38. The van der Waals surface area contributed by atoms with Crippen molar-refractivity contribution in [1.82, 2.24) is 9.78 Å². The van der Waals surface area contributed by atoms with Crippen LogP contribution >= 0.6 is 22.6 Å². The van der Waals surface area contributed by atoms with Gasteiger partial charge in [-0.15, -0.1) is 0 Å². The van der Waals surface area contributed by atoms with Crippen molar-refractivity contribution in [3.63, 3.8) is 0 Å². The summed E-state index contributed by atoms with van der Waals surface area (Å²) in [5.41, 5.74) is 7.79. The minimum Gasteiger partial charge on any atom is -0.435 e. The summed E-state index contributed by atoms with van der Waals surface area (Å²) in [7, 11) is 0. The van der Waals surface area contributed by atoms with Crippen molar-refractivity contribution in [3.8, 4) is 5.75 Å². The predicted octanol–water partition coefficient (Wildman–Crippen LogP) is 3.59. The molecule has 0 radical (unpaired) electrons. The molecular weight excluding hydrogens is 379 g/mol. The van der Waals surface area contributed by atoms with Gasteiger partial charge in [0.05, 0.1) is 15.3 Å². The fourth-order valence-corrected chi connectivity index (χ4v) is 2.26. The molecule has 0 aliphatic rings. The van der Waals surface area contributed by atoms with Gasteiger partial charge in [-0.3, -0.25) is 0 Å². The van der Waals surface area contributed by atoms with E-state index in [1.807, 2.05) is 13.8 Å². The summed E-state index contributed by atoms with van der Waals surface area (Å²) in [6, 6.07) is 6.39. The van der Waals surface area contributed by atoms with Gasteiger partial charge in [0.1, 0.15) is 11.6 Å². The van der Waals surface area contributed by atoms with E-state index in [2.05, 4.69) is 32.4 Å². The van der Waals surface area contributed by atoms with Gasteiger partial charge in [-0.1, -0.05) is 12.1 Å². The normalized spacial score (nSPS) is 12.7. The maximum absolute atomic E-state index is 12.1.